The SMILES string of the molecule is CC(C)C(=O)N1CCN(CC(=O)c2c(N)n(C)c(=O)n(C)c2=O)CC1. The van der Waals surface area contributed by atoms with Gasteiger partial charge in [0.15, 0.2) is 5.78 Å². The van der Waals surface area contributed by atoms with Gasteiger partial charge in [-0.15, -0.1) is 0 Å². The van der Waals surface area contributed by atoms with E-state index in [-0.39, 0.29) is 29.8 Å². The summed E-state index contributed by atoms with van der Waals surface area (Å²) in [6.45, 7) is 5.94. The molecule has 1 aliphatic heterocycles. The molecule has 1 fully saturated rings. The van der Waals surface area contributed by atoms with Crippen LogP contribution in [0, 0.1) is 5.92 Å². The number of ketones is 1. The molecule has 1 aromatic rings. The van der Waals surface area contributed by atoms with E-state index in [4.69, 9.17) is 5.73 Å². The van der Waals surface area contributed by atoms with Gasteiger partial charge >= 0.3 is 5.69 Å². The van der Waals surface area contributed by atoms with Crippen LogP contribution in [0.4, 0.5) is 5.82 Å². The summed E-state index contributed by atoms with van der Waals surface area (Å²) < 4.78 is 1.97. The largest absolute Gasteiger partial charge is 0.384 e. The van der Waals surface area contributed by atoms with Crippen molar-refractivity contribution in [1.29, 1.82) is 0 Å². The number of carbonyl (C=O) groups excluding carboxylic acids is 2. The molecule has 0 radical (unpaired) electrons. The van der Waals surface area contributed by atoms with E-state index >= 15 is 0 Å². The standard InChI is InChI=1S/C16H25N5O4/c1-10(2)14(23)21-7-5-20(6-8-21)9-11(22)12-13(17)18(3)16(25)19(4)15(12)24/h10H,5-9,17H2,1-4H3. The monoisotopic (exact) mass is 351 g/mol. The zero-order valence-corrected chi connectivity index (χ0v) is 15.1. The molecule has 0 bridgehead atoms. The third kappa shape index (κ3) is 3.65. The summed E-state index contributed by atoms with van der Waals surface area (Å²) in [5.41, 5.74) is 4.40. The zero-order chi connectivity index (χ0) is 18.9. The van der Waals surface area contributed by atoms with Crippen LogP contribution in [0.25, 0.3) is 0 Å². The molecule has 0 saturated carbocycles. The summed E-state index contributed by atoms with van der Waals surface area (Å²) in [4.78, 5) is 52.3. The number of Topliss-reactive ketones (excluding diaryl/α,β-unsaturated/α-hetero) is 1. The van der Waals surface area contributed by atoms with Crippen LogP contribution in [-0.2, 0) is 18.9 Å². The predicted octanol–water partition coefficient (Wildman–Crippen LogP) is -1.35. The van der Waals surface area contributed by atoms with E-state index in [1.54, 1.807) is 4.90 Å². The number of amides is 1. The summed E-state index contributed by atoms with van der Waals surface area (Å²) in [5, 5.41) is 0. The molecule has 0 unspecified atom stereocenters. The van der Waals surface area contributed by atoms with Gasteiger partial charge in [0.05, 0.1) is 6.54 Å². The predicted molar refractivity (Wildman–Crippen MR) is 93.5 cm³/mol. The average molecular weight is 351 g/mol. The fraction of sp³-hybridized carbons (Fsp3) is 0.625. The van der Waals surface area contributed by atoms with E-state index in [9.17, 15) is 19.2 Å². The van der Waals surface area contributed by atoms with Crippen LogP contribution < -0.4 is 17.0 Å². The Hall–Kier alpha value is -2.42. The minimum atomic E-state index is -0.681. The lowest BCUT2D eigenvalue weighted by atomic mass is 10.1. The Morgan fingerprint density at radius 1 is 1.04 bits per heavy atom. The Morgan fingerprint density at radius 2 is 1.60 bits per heavy atom. The highest BCUT2D eigenvalue weighted by molar-refractivity contribution is 6.01. The smallest absolute Gasteiger partial charge is 0.332 e. The normalized spacial score (nSPS) is 15.6. The Labute approximate surface area is 145 Å². The van der Waals surface area contributed by atoms with Gasteiger partial charge in [-0.05, 0) is 0 Å². The van der Waals surface area contributed by atoms with Gasteiger partial charge in [-0.2, -0.15) is 0 Å². The van der Waals surface area contributed by atoms with E-state index in [1.165, 1.54) is 14.1 Å². The minimum Gasteiger partial charge on any atom is -0.384 e. The van der Waals surface area contributed by atoms with Crippen molar-refractivity contribution < 1.29 is 9.59 Å². The molecule has 0 aromatic carbocycles. The first kappa shape index (κ1) is 18.9. The van der Waals surface area contributed by atoms with Gasteiger partial charge in [-0.1, -0.05) is 13.8 Å². The highest BCUT2D eigenvalue weighted by atomic mass is 16.2. The van der Waals surface area contributed by atoms with Crippen molar-refractivity contribution in [1.82, 2.24) is 18.9 Å². The van der Waals surface area contributed by atoms with Gasteiger partial charge in [0.2, 0.25) is 5.91 Å². The molecule has 0 spiro atoms. The second-order valence-electron chi connectivity index (χ2n) is 6.65. The Balaban J connectivity index is 2.11. The number of nitrogens with zero attached hydrogens (tertiary/aromatic N) is 4. The molecule has 0 aliphatic carbocycles. The molecule has 1 saturated heterocycles. The van der Waals surface area contributed by atoms with Gasteiger partial charge in [-0.3, -0.25) is 28.4 Å². The van der Waals surface area contributed by atoms with Gasteiger partial charge in [0.1, 0.15) is 11.4 Å². The first-order valence-electron chi connectivity index (χ1n) is 8.25. The second-order valence-corrected chi connectivity index (χ2v) is 6.65. The van der Waals surface area contributed by atoms with Gasteiger partial charge in [0.25, 0.3) is 5.56 Å². The Bertz CT molecular complexity index is 800. The van der Waals surface area contributed by atoms with Crippen molar-refractivity contribution in [3.63, 3.8) is 0 Å². The number of nitrogens with two attached hydrogens (primary N) is 1. The molecule has 2 rings (SSSR count). The van der Waals surface area contributed by atoms with Crippen molar-refractivity contribution in [3.05, 3.63) is 26.4 Å². The number of carbonyl (C=O) groups is 2. The summed E-state index contributed by atoms with van der Waals surface area (Å²) >= 11 is 0. The molecule has 9 heteroatoms. The molecule has 138 valence electrons. The lowest BCUT2D eigenvalue weighted by molar-refractivity contribution is -0.136. The molecule has 2 heterocycles. The Morgan fingerprint density at radius 3 is 2.12 bits per heavy atom. The van der Waals surface area contributed by atoms with E-state index in [2.05, 4.69) is 0 Å². The lowest BCUT2D eigenvalue weighted by Gasteiger charge is -2.35. The van der Waals surface area contributed by atoms with Crippen molar-refractivity contribution >= 4 is 17.5 Å². The molecule has 0 atom stereocenters. The van der Waals surface area contributed by atoms with Crippen molar-refractivity contribution in [3.8, 4) is 0 Å². The van der Waals surface area contributed by atoms with Crippen LogP contribution in [0.1, 0.15) is 24.2 Å². The second kappa shape index (κ2) is 7.22. The fourth-order valence-corrected chi connectivity index (χ4v) is 2.90. The summed E-state index contributed by atoms with van der Waals surface area (Å²) in [6.07, 6.45) is 0. The molecule has 1 aromatic heterocycles. The lowest BCUT2D eigenvalue weighted by Crippen LogP contribution is -2.51. The molecule has 1 amide bonds. The zero-order valence-electron chi connectivity index (χ0n) is 15.1. The number of anilines is 1. The summed E-state index contributed by atoms with van der Waals surface area (Å²) in [6, 6.07) is 0. The number of aromatic nitrogens is 2. The van der Waals surface area contributed by atoms with Crippen LogP contribution in [0.5, 0.6) is 0 Å². The van der Waals surface area contributed by atoms with Crippen LogP contribution >= 0.6 is 0 Å². The Kier molecular flexibility index (Phi) is 5.46. The number of hydrogen-bond donors (Lipinski definition) is 1. The summed E-state index contributed by atoms with van der Waals surface area (Å²) in [5.74, 6) is -0.493. The highest BCUT2D eigenvalue weighted by Crippen LogP contribution is 2.09. The summed E-state index contributed by atoms with van der Waals surface area (Å²) in [7, 11) is 2.74. The van der Waals surface area contributed by atoms with Gasteiger partial charge < -0.3 is 10.6 Å². The molecular weight excluding hydrogens is 326 g/mol. The minimum absolute atomic E-state index is 0.0291. The molecule has 25 heavy (non-hydrogen) atoms. The van der Waals surface area contributed by atoms with Crippen molar-refractivity contribution in [2.24, 2.45) is 20.0 Å². The topological polar surface area (TPSA) is 111 Å². The van der Waals surface area contributed by atoms with E-state index in [0.29, 0.717) is 26.2 Å². The van der Waals surface area contributed by atoms with Gasteiger partial charge in [0, 0.05) is 46.2 Å². The maximum atomic E-state index is 12.6. The molecule has 1 aliphatic rings. The third-order valence-corrected chi connectivity index (χ3v) is 4.53. The number of hydrogen-bond acceptors (Lipinski definition) is 6. The third-order valence-electron chi connectivity index (χ3n) is 4.53. The molecule has 9 nitrogen and oxygen atoms in total. The molecular formula is C16H25N5O4. The number of piperazine rings is 1. The number of rotatable bonds is 4. The van der Waals surface area contributed by atoms with E-state index < -0.39 is 17.0 Å². The number of nitrogen functional groups attached to an aromatic ring is 1. The molecule has 2 N–H and O–H groups in total. The van der Waals surface area contributed by atoms with Crippen LogP contribution in [0.15, 0.2) is 9.59 Å². The fourth-order valence-electron chi connectivity index (χ4n) is 2.90. The van der Waals surface area contributed by atoms with E-state index in [0.717, 1.165) is 9.13 Å². The maximum absolute atomic E-state index is 12.6. The van der Waals surface area contributed by atoms with Crippen LogP contribution in [0.3, 0.4) is 0 Å². The van der Waals surface area contributed by atoms with Crippen molar-refractivity contribution in [2.45, 2.75) is 13.8 Å². The van der Waals surface area contributed by atoms with E-state index in [1.807, 2.05) is 18.7 Å². The van der Waals surface area contributed by atoms with Gasteiger partial charge in [-0.25, -0.2) is 4.79 Å². The van der Waals surface area contributed by atoms with Crippen LogP contribution in [-0.4, -0.2) is 63.3 Å². The maximum Gasteiger partial charge on any atom is 0.332 e. The first-order valence-corrected chi connectivity index (χ1v) is 8.25. The highest BCUT2D eigenvalue weighted by Gasteiger charge is 2.26. The average Bonchev–Trinajstić information content (AvgIpc) is 2.58. The van der Waals surface area contributed by atoms with Crippen LogP contribution in [0.2, 0.25) is 0 Å². The first-order chi connectivity index (χ1) is 11.6. The quantitative estimate of drug-likeness (QED) is 0.672. The van der Waals surface area contributed by atoms with Crippen molar-refractivity contribution in [2.75, 3.05) is 38.5 Å².